The Morgan fingerprint density at radius 3 is 2.50 bits per heavy atom. The summed E-state index contributed by atoms with van der Waals surface area (Å²) in [5, 5.41) is 7.56. The van der Waals surface area contributed by atoms with Crippen molar-refractivity contribution < 1.29 is 9.26 Å². The number of anilines is 1. The predicted molar refractivity (Wildman–Crippen MR) is 91.2 cm³/mol. The minimum atomic E-state index is -2.27. The summed E-state index contributed by atoms with van der Waals surface area (Å²) in [4.78, 5) is 0. The Morgan fingerprint density at radius 2 is 2.00 bits per heavy atom. The van der Waals surface area contributed by atoms with Crippen LogP contribution in [0, 0.1) is 6.92 Å². The topological polar surface area (TPSA) is 30.5 Å². The van der Waals surface area contributed by atoms with Crippen LogP contribution >= 0.6 is 17.8 Å². The highest BCUT2D eigenvalue weighted by molar-refractivity contribution is 8.16. The molecule has 1 heterocycles. The molecule has 0 radical (unpaired) electrons. The molecule has 3 nitrogen and oxygen atoms in total. The lowest BCUT2D eigenvalue weighted by atomic mass is 10.3. The van der Waals surface area contributed by atoms with E-state index in [1.165, 1.54) is 5.56 Å². The third-order valence-electron chi connectivity index (χ3n) is 2.71. The van der Waals surface area contributed by atoms with E-state index in [0.29, 0.717) is 6.61 Å². The first-order chi connectivity index (χ1) is 9.57. The van der Waals surface area contributed by atoms with Gasteiger partial charge in [-0.25, -0.2) is 0 Å². The van der Waals surface area contributed by atoms with E-state index in [9.17, 15) is 0 Å². The lowest BCUT2D eigenvalue weighted by Gasteiger charge is -2.23. The van der Waals surface area contributed by atoms with E-state index in [-0.39, 0.29) is 0 Å². The van der Waals surface area contributed by atoms with E-state index >= 15 is 0 Å². The monoisotopic (exact) mass is 327 g/mol. The first-order valence-corrected chi connectivity index (χ1v) is 9.90. The van der Waals surface area contributed by atoms with E-state index in [0.717, 1.165) is 16.1 Å². The Bertz CT molecular complexity index is 610. The summed E-state index contributed by atoms with van der Waals surface area (Å²) in [6.07, 6.45) is -2.27. The largest absolute Gasteiger partial charge is 0.497 e. The number of aryl methyl sites for hydroxylation is 1. The summed E-state index contributed by atoms with van der Waals surface area (Å²) in [6, 6.07) is 9.87. The van der Waals surface area contributed by atoms with Gasteiger partial charge < -0.3 is 14.3 Å². The van der Waals surface area contributed by atoms with Gasteiger partial charge in [-0.1, -0.05) is 0 Å². The summed E-state index contributed by atoms with van der Waals surface area (Å²) in [7, 11) is 1.65. The second-order valence-corrected chi connectivity index (χ2v) is 8.82. The molecule has 1 aromatic heterocycles. The molecular weight excluding hydrogens is 309 g/mol. The van der Waals surface area contributed by atoms with Gasteiger partial charge in [0, 0.05) is 5.30 Å². The highest BCUT2D eigenvalue weighted by Gasteiger charge is 2.21. The average Bonchev–Trinajstić information content (AvgIpc) is 2.84. The van der Waals surface area contributed by atoms with Gasteiger partial charge in [-0.15, -0.1) is 11.3 Å². The molecule has 0 aliphatic carbocycles. The van der Waals surface area contributed by atoms with Crippen LogP contribution in [0.5, 0.6) is 5.75 Å². The molecule has 2 rings (SSSR count). The summed E-state index contributed by atoms with van der Waals surface area (Å²) in [6.45, 7) is 4.62. The standard InChI is InChI=1S/C14H18NO2PS2/c1-4-17-18(19,15-14-9-11(2)10-20-14)13-7-5-12(16-3)6-8-13/h5-10H,4H2,1-3H3,(H,15,19). The molecule has 0 amide bonds. The summed E-state index contributed by atoms with van der Waals surface area (Å²) in [5.41, 5.74) is 1.23. The number of benzene rings is 1. The van der Waals surface area contributed by atoms with Gasteiger partial charge in [0.05, 0.1) is 18.7 Å². The molecule has 1 unspecified atom stereocenters. The van der Waals surface area contributed by atoms with Crippen molar-refractivity contribution in [2.75, 3.05) is 18.8 Å². The molecule has 0 aliphatic rings. The van der Waals surface area contributed by atoms with E-state index in [1.807, 2.05) is 31.2 Å². The molecule has 2 aromatic rings. The fourth-order valence-corrected chi connectivity index (χ4v) is 5.75. The van der Waals surface area contributed by atoms with Crippen LogP contribution in [-0.2, 0) is 16.3 Å². The number of hydrogen-bond acceptors (Lipinski definition) is 4. The number of ether oxygens (including phenoxy) is 1. The number of rotatable bonds is 6. The molecule has 0 saturated carbocycles. The van der Waals surface area contributed by atoms with Gasteiger partial charge in [0.2, 0.25) is 0 Å². The minimum Gasteiger partial charge on any atom is -0.497 e. The van der Waals surface area contributed by atoms with Gasteiger partial charge in [-0.3, -0.25) is 0 Å². The third-order valence-corrected chi connectivity index (χ3v) is 7.18. The Balaban J connectivity index is 2.29. The smallest absolute Gasteiger partial charge is 0.183 e. The van der Waals surface area contributed by atoms with Crippen molar-refractivity contribution in [3.8, 4) is 5.75 Å². The molecule has 1 aromatic carbocycles. The van der Waals surface area contributed by atoms with Crippen molar-refractivity contribution >= 4 is 39.9 Å². The van der Waals surface area contributed by atoms with Crippen LogP contribution < -0.4 is 15.1 Å². The molecule has 20 heavy (non-hydrogen) atoms. The van der Waals surface area contributed by atoms with Gasteiger partial charge in [0.25, 0.3) is 0 Å². The van der Waals surface area contributed by atoms with Crippen LogP contribution in [-0.4, -0.2) is 13.7 Å². The van der Waals surface area contributed by atoms with Gasteiger partial charge in [-0.05, 0) is 66.9 Å². The van der Waals surface area contributed by atoms with Crippen LogP contribution in [0.3, 0.4) is 0 Å². The Kier molecular flexibility index (Phi) is 5.22. The van der Waals surface area contributed by atoms with Crippen molar-refractivity contribution in [3.05, 3.63) is 41.3 Å². The van der Waals surface area contributed by atoms with E-state index in [1.54, 1.807) is 18.4 Å². The maximum Gasteiger partial charge on any atom is 0.183 e. The van der Waals surface area contributed by atoms with Crippen molar-refractivity contribution in [2.45, 2.75) is 13.8 Å². The predicted octanol–water partition coefficient (Wildman–Crippen LogP) is 4.15. The number of methoxy groups -OCH3 is 1. The number of hydrogen-bond donors (Lipinski definition) is 1. The number of nitrogens with one attached hydrogen (secondary N) is 1. The molecule has 0 bridgehead atoms. The molecule has 0 aliphatic heterocycles. The van der Waals surface area contributed by atoms with E-state index in [2.05, 4.69) is 23.5 Å². The minimum absolute atomic E-state index is 0.584. The van der Waals surface area contributed by atoms with Crippen LogP contribution in [0.25, 0.3) is 0 Å². The Labute approximate surface area is 129 Å². The van der Waals surface area contributed by atoms with Crippen LogP contribution in [0.2, 0.25) is 0 Å². The number of thiophene rings is 1. The third kappa shape index (κ3) is 3.61. The zero-order valence-corrected chi connectivity index (χ0v) is 14.3. The van der Waals surface area contributed by atoms with Gasteiger partial charge in [0.1, 0.15) is 5.75 Å². The molecule has 108 valence electrons. The van der Waals surface area contributed by atoms with Crippen molar-refractivity contribution in [1.29, 1.82) is 0 Å². The highest BCUT2D eigenvalue weighted by Crippen LogP contribution is 2.47. The van der Waals surface area contributed by atoms with Gasteiger partial charge in [-0.2, -0.15) is 0 Å². The highest BCUT2D eigenvalue weighted by atomic mass is 32.4. The fraction of sp³-hybridized carbons (Fsp3) is 0.286. The molecule has 0 spiro atoms. The average molecular weight is 327 g/mol. The molecule has 1 N–H and O–H groups in total. The second-order valence-electron chi connectivity index (χ2n) is 4.27. The van der Waals surface area contributed by atoms with Crippen molar-refractivity contribution in [1.82, 2.24) is 0 Å². The van der Waals surface area contributed by atoms with Crippen LogP contribution in [0.4, 0.5) is 5.00 Å². The van der Waals surface area contributed by atoms with Crippen molar-refractivity contribution in [2.24, 2.45) is 0 Å². The summed E-state index contributed by atoms with van der Waals surface area (Å²) in [5.74, 6) is 0.818. The molecule has 0 fully saturated rings. The summed E-state index contributed by atoms with van der Waals surface area (Å²) < 4.78 is 11.1. The summed E-state index contributed by atoms with van der Waals surface area (Å²) >= 11 is 7.43. The molecule has 6 heteroatoms. The normalized spacial score (nSPS) is 13.8. The molecule has 0 saturated heterocycles. The first kappa shape index (κ1) is 15.5. The van der Waals surface area contributed by atoms with Crippen LogP contribution in [0.1, 0.15) is 12.5 Å². The van der Waals surface area contributed by atoms with Crippen molar-refractivity contribution in [3.63, 3.8) is 0 Å². The zero-order chi connectivity index (χ0) is 14.6. The molecule has 1 atom stereocenters. The lowest BCUT2D eigenvalue weighted by molar-refractivity contribution is 0.384. The SMILES string of the molecule is CCOP(=S)(Nc1cc(C)cs1)c1ccc(OC)cc1. The van der Waals surface area contributed by atoms with E-state index < -0.39 is 6.42 Å². The lowest BCUT2D eigenvalue weighted by Crippen LogP contribution is -2.13. The maximum absolute atomic E-state index is 5.88. The van der Waals surface area contributed by atoms with Crippen LogP contribution in [0.15, 0.2) is 35.7 Å². The Morgan fingerprint density at radius 1 is 1.30 bits per heavy atom. The fourth-order valence-electron chi connectivity index (χ4n) is 1.77. The quantitative estimate of drug-likeness (QED) is 0.808. The van der Waals surface area contributed by atoms with Gasteiger partial charge in [0.15, 0.2) is 6.42 Å². The Hall–Kier alpha value is -0.870. The first-order valence-electron chi connectivity index (χ1n) is 6.30. The molecular formula is C14H18NO2PS2. The maximum atomic E-state index is 5.88. The second kappa shape index (κ2) is 6.72. The van der Waals surface area contributed by atoms with Gasteiger partial charge >= 0.3 is 0 Å². The van der Waals surface area contributed by atoms with E-state index in [4.69, 9.17) is 21.1 Å². The zero-order valence-electron chi connectivity index (χ0n) is 11.8.